The molecule has 0 unspecified atom stereocenters. The Hall–Kier alpha value is -8.01. The predicted molar refractivity (Wildman–Crippen MR) is 250 cm³/mol. The number of aromatic nitrogens is 3. The lowest BCUT2D eigenvalue weighted by Crippen LogP contribution is -2.26. The Labute approximate surface area is 353 Å². The quantitative estimate of drug-likeness (QED) is 0.167. The zero-order valence-electron chi connectivity index (χ0n) is 33.0. The molecule has 10 aromatic carbocycles. The van der Waals surface area contributed by atoms with Gasteiger partial charge in [-0.05, 0) is 94.0 Å². The van der Waals surface area contributed by atoms with Crippen molar-refractivity contribution in [1.29, 1.82) is 0 Å². The van der Waals surface area contributed by atoms with E-state index in [0.717, 1.165) is 22.3 Å². The number of hydrogen-bond acceptors (Lipinski definition) is 3. The summed E-state index contributed by atoms with van der Waals surface area (Å²) in [6, 6.07) is 77.0. The molecule has 3 nitrogen and oxygen atoms in total. The van der Waals surface area contributed by atoms with E-state index in [2.05, 4.69) is 152 Å². The van der Waals surface area contributed by atoms with Crippen LogP contribution in [0.2, 0.25) is 0 Å². The summed E-state index contributed by atoms with van der Waals surface area (Å²) in [5.41, 5.74) is 15.3. The second-order valence-corrected chi connectivity index (χ2v) is 16.2. The first-order chi connectivity index (χ1) is 30.3. The fourth-order valence-corrected chi connectivity index (χ4v) is 10.6. The van der Waals surface area contributed by atoms with Gasteiger partial charge >= 0.3 is 0 Å². The number of hydrogen-bond donors (Lipinski definition) is 0. The Bertz CT molecular complexity index is 3470. The molecule has 2 aliphatic rings. The largest absolute Gasteiger partial charge is 0.208 e. The third kappa shape index (κ3) is 4.77. The minimum absolute atomic E-state index is 0.535. The summed E-state index contributed by atoms with van der Waals surface area (Å²) in [6.07, 6.45) is 0. The van der Waals surface area contributed by atoms with E-state index < -0.39 is 5.41 Å². The first-order valence-electron chi connectivity index (χ1n) is 20.9. The van der Waals surface area contributed by atoms with Crippen molar-refractivity contribution in [2.75, 3.05) is 0 Å². The molecule has 0 saturated heterocycles. The van der Waals surface area contributed by atoms with Crippen LogP contribution in [0.1, 0.15) is 22.3 Å². The number of fused-ring (bicyclic) bond motifs is 17. The molecule has 2 aliphatic carbocycles. The highest BCUT2D eigenvalue weighted by atomic mass is 15.0. The van der Waals surface area contributed by atoms with E-state index in [1.54, 1.807) is 0 Å². The van der Waals surface area contributed by atoms with Gasteiger partial charge in [-0.25, -0.2) is 15.0 Å². The second kappa shape index (κ2) is 13.0. The topological polar surface area (TPSA) is 38.7 Å². The van der Waals surface area contributed by atoms with Gasteiger partial charge in [-0.1, -0.05) is 206 Å². The maximum atomic E-state index is 5.04. The Morgan fingerprint density at radius 3 is 1.21 bits per heavy atom. The molecule has 13 rings (SSSR count). The molecular weight excluding hydrogens is 739 g/mol. The minimum atomic E-state index is -0.535. The highest BCUT2D eigenvalue weighted by Crippen LogP contribution is 2.67. The molecule has 0 bridgehead atoms. The van der Waals surface area contributed by atoms with Gasteiger partial charge in [0.25, 0.3) is 0 Å². The molecule has 61 heavy (non-hydrogen) atoms. The Morgan fingerprint density at radius 2 is 0.656 bits per heavy atom. The van der Waals surface area contributed by atoms with Crippen LogP contribution in [0.5, 0.6) is 0 Å². The van der Waals surface area contributed by atoms with E-state index >= 15 is 0 Å². The number of benzene rings is 10. The van der Waals surface area contributed by atoms with Crippen molar-refractivity contribution in [3.05, 3.63) is 235 Å². The van der Waals surface area contributed by atoms with Gasteiger partial charge in [-0.15, -0.1) is 0 Å². The third-order valence-corrected chi connectivity index (χ3v) is 13.1. The lowest BCUT2D eigenvalue weighted by Gasteiger charge is -2.32. The maximum absolute atomic E-state index is 5.04. The molecule has 1 aromatic heterocycles. The molecule has 1 heterocycles. The van der Waals surface area contributed by atoms with Crippen molar-refractivity contribution >= 4 is 32.3 Å². The van der Waals surface area contributed by atoms with E-state index in [1.807, 2.05) is 60.7 Å². The summed E-state index contributed by atoms with van der Waals surface area (Å²) in [6.45, 7) is 0. The molecule has 0 radical (unpaired) electrons. The van der Waals surface area contributed by atoms with Crippen molar-refractivity contribution in [2.24, 2.45) is 0 Å². The molecule has 1 spiro atoms. The van der Waals surface area contributed by atoms with Crippen LogP contribution in [0.3, 0.4) is 0 Å². The highest BCUT2D eigenvalue weighted by Gasteiger charge is 2.53. The van der Waals surface area contributed by atoms with Gasteiger partial charge in [0.15, 0.2) is 17.5 Å². The van der Waals surface area contributed by atoms with Crippen molar-refractivity contribution in [1.82, 2.24) is 15.0 Å². The fourth-order valence-electron chi connectivity index (χ4n) is 10.6. The van der Waals surface area contributed by atoms with Gasteiger partial charge in [-0.2, -0.15) is 0 Å². The lowest BCUT2D eigenvalue weighted by molar-refractivity contribution is 0.803. The Balaban J connectivity index is 1.08. The van der Waals surface area contributed by atoms with Gasteiger partial charge < -0.3 is 0 Å². The summed E-state index contributed by atoms with van der Waals surface area (Å²) < 4.78 is 0. The Morgan fingerprint density at radius 1 is 0.262 bits per heavy atom. The van der Waals surface area contributed by atoms with E-state index in [-0.39, 0.29) is 0 Å². The van der Waals surface area contributed by atoms with Crippen molar-refractivity contribution in [2.45, 2.75) is 5.41 Å². The standard InChI is InChI=1S/C58H35N3/c1-3-17-37(18-4-1)55-59-56(38-19-5-2-6-20-38)61-57(60-55)39-33-31-36(32-34-39)48-35-51-52(45-26-10-8-23-42(45)48)53-46-27-11-7-21-40(46)41-22-9-12-28-47(41)54(53)58(51)49-29-15-13-24-43(49)44-25-14-16-30-50(44)58/h1-35H. The average Bonchev–Trinajstić information content (AvgIpc) is 3.82. The van der Waals surface area contributed by atoms with Crippen LogP contribution >= 0.6 is 0 Å². The molecule has 0 aliphatic heterocycles. The zero-order valence-corrected chi connectivity index (χ0v) is 33.0. The zero-order chi connectivity index (χ0) is 40.1. The Kier molecular flexibility index (Phi) is 7.22. The van der Waals surface area contributed by atoms with Crippen LogP contribution < -0.4 is 0 Å². The van der Waals surface area contributed by atoms with Crippen LogP contribution in [0.25, 0.3) is 99.9 Å². The SMILES string of the molecule is c1ccc(-c2nc(-c3ccccc3)nc(-c3ccc(-c4cc5c(c6ccccc46)-c4c(c6ccccc6c6ccccc46)C54c5ccccc5-c5ccccc54)cc3)n2)cc1. The van der Waals surface area contributed by atoms with Crippen LogP contribution in [0.4, 0.5) is 0 Å². The molecular formula is C58H35N3. The van der Waals surface area contributed by atoms with E-state index in [0.29, 0.717) is 17.5 Å². The summed E-state index contributed by atoms with van der Waals surface area (Å²) in [5, 5.41) is 7.66. The van der Waals surface area contributed by atoms with Gasteiger partial charge in [0, 0.05) is 16.7 Å². The second-order valence-electron chi connectivity index (χ2n) is 16.2. The van der Waals surface area contributed by atoms with Crippen molar-refractivity contribution in [3.63, 3.8) is 0 Å². The van der Waals surface area contributed by atoms with Crippen LogP contribution in [0, 0.1) is 0 Å². The molecule has 0 amide bonds. The van der Waals surface area contributed by atoms with Gasteiger partial charge in [0.2, 0.25) is 0 Å². The van der Waals surface area contributed by atoms with Crippen molar-refractivity contribution in [3.8, 4) is 67.5 Å². The predicted octanol–water partition coefficient (Wildman–Crippen LogP) is 14.3. The number of nitrogens with zero attached hydrogens (tertiary/aromatic N) is 3. The monoisotopic (exact) mass is 773 g/mol. The summed E-state index contributed by atoms with van der Waals surface area (Å²) >= 11 is 0. The lowest BCUT2D eigenvalue weighted by atomic mass is 9.68. The molecule has 3 heteroatoms. The molecule has 0 saturated carbocycles. The van der Waals surface area contributed by atoms with Gasteiger partial charge in [-0.3, -0.25) is 0 Å². The normalized spacial score (nSPS) is 13.0. The highest BCUT2D eigenvalue weighted by molar-refractivity contribution is 6.24. The third-order valence-electron chi connectivity index (χ3n) is 13.1. The van der Waals surface area contributed by atoms with Gasteiger partial charge in [0.05, 0.1) is 5.41 Å². The summed E-state index contributed by atoms with van der Waals surface area (Å²) in [4.78, 5) is 15.0. The average molecular weight is 774 g/mol. The van der Waals surface area contributed by atoms with E-state index in [4.69, 9.17) is 15.0 Å². The fraction of sp³-hybridized carbons (Fsp3) is 0.0172. The van der Waals surface area contributed by atoms with Crippen LogP contribution in [0.15, 0.2) is 212 Å². The minimum Gasteiger partial charge on any atom is -0.208 e. The molecule has 282 valence electrons. The first kappa shape index (κ1) is 33.9. The molecule has 0 atom stereocenters. The maximum Gasteiger partial charge on any atom is 0.164 e. The van der Waals surface area contributed by atoms with Gasteiger partial charge in [0.1, 0.15) is 0 Å². The van der Waals surface area contributed by atoms with E-state index in [9.17, 15) is 0 Å². The smallest absolute Gasteiger partial charge is 0.164 e. The van der Waals surface area contributed by atoms with E-state index in [1.165, 1.54) is 82.4 Å². The molecule has 0 N–H and O–H groups in total. The molecule has 0 fully saturated rings. The number of rotatable bonds is 4. The summed E-state index contributed by atoms with van der Waals surface area (Å²) in [7, 11) is 0. The molecule has 11 aromatic rings. The first-order valence-corrected chi connectivity index (χ1v) is 20.9. The van der Waals surface area contributed by atoms with Crippen molar-refractivity contribution < 1.29 is 0 Å². The van der Waals surface area contributed by atoms with Crippen LogP contribution in [-0.4, -0.2) is 15.0 Å². The van der Waals surface area contributed by atoms with Crippen LogP contribution in [-0.2, 0) is 5.41 Å². The summed E-state index contributed by atoms with van der Waals surface area (Å²) in [5.74, 6) is 1.95.